The van der Waals surface area contributed by atoms with Crippen LogP contribution in [0.25, 0.3) is 0 Å². The molecule has 30 heavy (non-hydrogen) atoms. The number of hydrogen-bond acceptors (Lipinski definition) is 8. The normalized spacial score (nSPS) is 21.3. The number of rotatable bonds is 9. The first-order valence-electron chi connectivity index (χ1n) is 10.7. The van der Waals surface area contributed by atoms with Gasteiger partial charge in [-0.2, -0.15) is 0 Å². The SMILES string of the molecule is C[C@H](NCc1ccc(NCC2CN(C)CCO2)c([N+](=O)[O-])c1)C(=O)OC1CCCC1. The maximum Gasteiger partial charge on any atom is 0.323 e. The second-order valence-corrected chi connectivity index (χ2v) is 8.19. The molecule has 0 amide bonds. The second-order valence-electron chi connectivity index (χ2n) is 8.19. The van der Waals surface area contributed by atoms with E-state index < -0.39 is 11.0 Å². The first-order valence-corrected chi connectivity index (χ1v) is 10.7. The van der Waals surface area contributed by atoms with E-state index in [4.69, 9.17) is 9.47 Å². The van der Waals surface area contributed by atoms with Gasteiger partial charge in [0.2, 0.25) is 0 Å². The molecule has 0 radical (unpaired) electrons. The third-order valence-corrected chi connectivity index (χ3v) is 5.67. The van der Waals surface area contributed by atoms with Crippen LogP contribution in [-0.4, -0.2) is 67.3 Å². The lowest BCUT2D eigenvalue weighted by Crippen LogP contribution is -2.43. The zero-order valence-corrected chi connectivity index (χ0v) is 17.8. The van der Waals surface area contributed by atoms with Gasteiger partial charge in [0.1, 0.15) is 17.8 Å². The number of benzene rings is 1. The van der Waals surface area contributed by atoms with Crippen molar-refractivity contribution in [3.05, 3.63) is 33.9 Å². The summed E-state index contributed by atoms with van der Waals surface area (Å²) in [6.07, 6.45) is 4.10. The summed E-state index contributed by atoms with van der Waals surface area (Å²) in [4.78, 5) is 25.5. The molecule has 1 saturated heterocycles. The van der Waals surface area contributed by atoms with E-state index in [0.29, 0.717) is 25.4 Å². The Hall–Kier alpha value is -2.23. The van der Waals surface area contributed by atoms with Crippen LogP contribution in [0.4, 0.5) is 11.4 Å². The molecule has 1 heterocycles. The summed E-state index contributed by atoms with van der Waals surface area (Å²) in [6, 6.07) is 4.61. The zero-order chi connectivity index (χ0) is 21.5. The molecule has 2 aliphatic rings. The number of nitrogens with one attached hydrogen (secondary N) is 2. The number of nitrogens with zero attached hydrogens (tertiary/aromatic N) is 2. The Morgan fingerprint density at radius 2 is 2.17 bits per heavy atom. The van der Waals surface area contributed by atoms with Crippen molar-refractivity contribution in [2.24, 2.45) is 0 Å². The minimum absolute atomic E-state index is 0.00331. The molecular weight excluding hydrogens is 388 g/mol. The van der Waals surface area contributed by atoms with Crippen molar-refractivity contribution >= 4 is 17.3 Å². The molecule has 1 aliphatic heterocycles. The Balaban J connectivity index is 1.53. The molecule has 0 spiro atoms. The number of ether oxygens (including phenoxy) is 2. The summed E-state index contributed by atoms with van der Waals surface area (Å²) in [5.41, 5.74) is 1.22. The molecule has 3 rings (SSSR count). The minimum atomic E-state index is -0.470. The topological polar surface area (TPSA) is 106 Å². The number of carbonyl (C=O) groups excluding carboxylic acids is 1. The molecule has 1 aromatic carbocycles. The van der Waals surface area contributed by atoms with Crippen molar-refractivity contribution < 1.29 is 19.2 Å². The van der Waals surface area contributed by atoms with Crippen molar-refractivity contribution in [3.8, 4) is 0 Å². The first kappa shape index (κ1) is 22.5. The monoisotopic (exact) mass is 420 g/mol. The van der Waals surface area contributed by atoms with E-state index in [-0.39, 0.29) is 23.9 Å². The predicted molar refractivity (Wildman–Crippen MR) is 113 cm³/mol. The van der Waals surface area contributed by atoms with Crippen molar-refractivity contribution in [3.63, 3.8) is 0 Å². The zero-order valence-electron chi connectivity index (χ0n) is 17.8. The lowest BCUT2D eigenvalue weighted by atomic mass is 10.1. The van der Waals surface area contributed by atoms with Crippen LogP contribution in [0.15, 0.2) is 18.2 Å². The molecular formula is C21H32N4O5. The van der Waals surface area contributed by atoms with Crippen LogP contribution in [0.5, 0.6) is 0 Å². The van der Waals surface area contributed by atoms with Gasteiger partial charge < -0.3 is 25.0 Å². The van der Waals surface area contributed by atoms with Crippen molar-refractivity contribution in [1.82, 2.24) is 10.2 Å². The fourth-order valence-corrected chi connectivity index (χ4v) is 3.83. The predicted octanol–water partition coefficient (Wildman–Crippen LogP) is 2.30. The van der Waals surface area contributed by atoms with Gasteiger partial charge in [0, 0.05) is 32.2 Å². The average molecular weight is 421 g/mol. The number of morpholine rings is 1. The van der Waals surface area contributed by atoms with Gasteiger partial charge in [0.15, 0.2) is 0 Å². The maximum atomic E-state index is 12.2. The van der Waals surface area contributed by atoms with Gasteiger partial charge in [-0.25, -0.2) is 0 Å². The average Bonchev–Trinajstić information content (AvgIpc) is 3.23. The van der Waals surface area contributed by atoms with Crippen LogP contribution in [0.2, 0.25) is 0 Å². The summed E-state index contributed by atoms with van der Waals surface area (Å²) in [6.45, 7) is 4.95. The fraction of sp³-hybridized carbons (Fsp3) is 0.667. The third kappa shape index (κ3) is 6.38. The number of esters is 1. The van der Waals surface area contributed by atoms with E-state index in [1.165, 1.54) is 6.07 Å². The van der Waals surface area contributed by atoms with Gasteiger partial charge in [0.25, 0.3) is 5.69 Å². The summed E-state index contributed by atoms with van der Waals surface area (Å²) >= 11 is 0. The maximum absolute atomic E-state index is 12.2. The van der Waals surface area contributed by atoms with Crippen LogP contribution in [-0.2, 0) is 20.8 Å². The highest BCUT2D eigenvalue weighted by Crippen LogP contribution is 2.26. The number of hydrogen-bond donors (Lipinski definition) is 2. The Morgan fingerprint density at radius 3 is 2.87 bits per heavy atom. The van der Waals surface area contributed by atoms with Gasteiger partial charge >= 0.3 is 5.97 Å². The van der Waals surface area contributed by atoms with Crippen LogP contribution in [0.1, 0.15) is 38.2 Å². The smallest absolute Gasteiger partial charge is 0.323 e. The standard InChI is InChI=1S/C21H32N4O5/c1-15(21(26)30-17-5-3-4-6-17)22-12-16-7-8-19(20(11-16)25(27)28)23-13-18-14-24(2)9-10-29-18/h7-8,11,15,17-18,22-23H,3-6,9-10,12-14H2,1-2H3/t15-,18?/m0/s1. The van der Waals surface area contributed by atoms with Gasteiger partial charge in [-0.15, -0.1) is 0 Å². The molecule has 2 atom stereocenters. The highest BCUT2D eigenvalue weighted by Gasteiger charge is 2.23. The summed E-state index contributed by atoms with van der Waals surface area (Å²) in [5, 5.41) is 17.8. The number of nitro groups is 1. The van der Waals surface area contributed by atoms with Gasteiger partial charge in [-0.1, -0.05) is 6.07 Å². The third-order valence-electron chi connectivity index (χ3n) is 5.67. The minimum Gasteiger partial charge on any atom is -0.461 e. The molecule has 1 saturated carbocycles. The van der Waals surface area contributed by atoms with Crippen molar-refractivity contribution in [2.45, 2.75) is 57.4 Å². The van der Waals surface area contributed by atoms with E-state index in [1.807, 2.05) is 13.1 Å². The lowest BCUT2D eigenvalue weighted by Gasteiger charge is -2.30. The Labute approximate surface area is 177 Å². The van der Waals surface area contributed by atoms with Crippen LogP contribution in [0.3, 0.4) is 0 Å². The Bertz CT molecular complexity index is 738. The first-order chi connectivity index (χ1) is 14.4. The molecule has 9 heteroatoms. The molecule has 0 aromatic heterocycles. The Kier molecular flexibility index (Phi) is 8.01. The highest BCUT2D eigenvalue weighted by atomic mass is 16.6. The van der Waals surface area contributed by atoms with Crippen molar-refractivity contribution in [2.75, 3.05) is 38.6 Å². The number of carbonyl (C=O) groups is 1. The summed E-state index contributed by atoms with van der Waals surface area (Å²) < 4.78 is 11.2. The number of likely N-dealkylation sites (N-methyl/N-ethyl adjacent to an activating group) is 1. The Morgan fingerprint density at radius 1 is 1.40 bits per heavy atom. The van der Waals surface area contributed by atoms with E-state index in [2.05, 4.69) is 15.5 Å². The second kappa shape index (κ2) is 10.7. The van der Waals surface area contributed by atoms with Crippen LogP contribution < -0.4 is 10.6 Å². The van der Waals surface area contributed by atoms with Crippen LogP contribution in [0, 0.1) is 10.1 Å². The molecule has 1 aromatic rings. The van der Waals surface area contributed by atoms with Crippen molar-refractivity contribution in [1.29, 1.82) is 0 Å². The quantitative estimate of drug-likeness (QED) is 0.356. The van der Waals surface area contributed by atoms with Gasteiger partial charge in [0.05, 0.1) is 17.6 Å². The number of anilines is 1. The molecule has 0 bridgehead atoms. The van der Waals surface area contributed by atoms with E-state index in [1.54, 1.807) is 13.0 Å². The molecule has 2 N–H and O–H groups in total. The lowest BCUT2D eigenvalue weighted by molar-refractivity contribution is -0.384. The van der Waals surface area contributed by atoms with E-state index in [0.717, 1.165) is 44.3 Å². The molecule has 1 unspecified atom stereocenters. The highest BCUT2D eigenvalue weighted by molar-refractivity contribution is 5.75. The molecule has 166 valence electrons. The fourth-order valence-electron chi connectivity index (χ4n) is 3.83. The number of nitro benzene ring substituents is 1. The van der Waals surface area contributed by atoms with E-state index in [9.17, 15) is 14.9 Å². The van der Waals surface area contributed by atoms with Crippen LogP contribution >= 0.6 is 0 Å². The van der Waals surface area contributed by atoms with E-state index >= 15 is 0 Å². The molecule has 2 fully saturated rings. The molecule has 1 aliphatic carbocycles. The largest absolute Gasteiger partial charge is 0.461 e. The van der Waals surface area contributed by atoms with Gasteiger partial charge in [-0.05, 0) is 51.3 Å². The van der Waals surface area contributed by atoms with Gasteiger partial charge in [-0.3, -0.25) is 14.9 Å². The summed E-state index contributed by atoms with van der Waals surface area (Å²) in [5.74, 6) is -0.271. The summed E-state index contributed by atoms with van der Waals surface area (Å²) in [7, 11) is 2.03. The molecule has 9 nitrogen and oxygen atoms in total.